The van der Waals surface area contributed by atoms with E-state index in [0.717, 1.165) is 66.5 Å². The lowest BCUT2D eigenvalue weighted by molar-refractivity contribution is 0.669. The number of aromatic nitrogens is 5. The molecule has 0 saturated heterocycles. The summed E-state index contributed by atoms with van der Waals surface area (Å²) in [4.78, 5) is 19.2. The van der Waals surface area contributed by atoms with Gasteiger partial charge in [-0.2, -0.15) is 0 Å². The maximum Gasteiger partial charge on any atom is 0.165 e. The molecular formula is C44H27N5O. The summed E-state index contributed by atoms with van der Waals surface area (Å²) < 4.78 is 8.94. The molecule has 0 aliphatic heterocycles. The van der Waals surface area contributed by atoms with Gasteiger partial charge < -0.3 is 8.98 Å². The van der Waals surface area contributed by atoms with Crippen molar-refractivity contribution < 1.29 is 4.42 Å². The fourth-order valence-corrected chi connectivity index (χ4v) is 7.00. The quantitative estimate of drug-likeness (QED) is 0.187. The molecular weight excluding hydrogens is 615 g/mol. The number of hydrogen-bond donors (Lipinski definition) is 0. The zero-order valence-corrected chi connectivity index (χ0v) is 26.7. The first-order valence-electron chi connectivity index (χ1n) is 16.5. The third-order valence-electron chi connectivity index (χ3n) is 9.35. The number of nitrogens with zero attached hydrogens (tertiary/aromatic N) is 5. The Morgan fingerprint density at radius 1 is 0.440 bits per heavy atom. The molecule has 6 aromatic carbocycles. The molecule has 4 aromatic heterocycles. The van der Waals surface area contributed by atoms with Gasteiger partial charge >= 0.3 is 0 Å². The third-order valence-corrected chi connectivity index (χ3v) is 9.35. The molecule has 4 heterocycles. The summed E-state index contributed by atoms with van der Waals surface area (Å²) in [5.41, 5.74) is 9.84. The van der Waals surface area contributed by atoms with Crippen molar-refractivity contribution in [2.75, 3.05) is 0 Å². The molecule has 10 aromatic rings. The molecule has 6 heteroatoms. The summed E-state index contributed by atoms with van der Waals surface area (Å²) in [6, 6.07) is 52.1. The second-order valence-corrected chi connectivity index (χ2v) is 12.3. The van der Waals surface area contributed by atoms with Crippen LogP contribution in [0, 0.1) is 0 Å². The van der Waals surface area contributed by atoms with E-state index < -0.39 is 0 Å². The highest BCUT2D eigenvalue weighted by atomic mass is 16.3. The van der Waals surface area contributed by atoms with Crippen LogP contribution in [0.5, 0.6) is 0 Å². The summed E-state index contributed by atoms with van der Waals surface area (Å²) in [5.74, 6) is 1.71. The predicted octanol–water partition coefficient (Wildman–Crippen LogP) is 10.9. The van der Waals surface area contributed by atoms with Crippen LogP contribution in [-0.2, 0) is 0 Å². The molecule has 0 aliphatic carbocycles. The molecule has 0 saturated carbocycles. The molecule has 6 nitrogen and oxygen atoms in total. The summed E-state index contributed by atoms with van der Waals surface area (Å²) in [7, 11) is 0. The van der Waals surface area contributed by atoms with Crippen LogP contribution in [0.4, 0.5) is 0 Å². The van der Waals surface area contributed by atoms with Crippen LogP contribution in [0.15, 0.2) is 168 Å². The summed E-state index contributed by atoms with van der Waals surface area (Å²) in [6.45, 7) is 0. The smallest absolute Gasteiger partial charge is 0.165 e. The van der Waals surface area contributed by atoms with E-state index in [2.05, 4.69) is 119 Å². The number of fused-ring (bicyclic) bond motifs is 7. The number of benzene rings is 6. The normalized spacial score (nSPS) is 11.6. The lowest BCUT2D eigenvalue weighted by atomic mass is 10.0. The molecule has 234 valence electrons. The second kappa shape index (κ2) is 11.4. The monoisotopic (exact) mass is 641 g/mol. The van der Waals surface area contributed by atoms with Gasteiger partial charge in [-0.3, -0.25) is 4.98 Å². The molecule has 50 heavy (non-hydrogen) atoms. The van der Waals surface area contributed by atoms with Gasteiger partial charge in [0.05, 0.1) is 16.4 Å². The average Bonchev–Trinajstić information content (AvgIpc) is 3.74. The van der Waals surface area contributed by atoms with E-state index in [1.54, 1.807) is 12.4 Å². The Balaban J connectivity index is 1.15. The molecule has 0 atom stereocenters. The van der Waals surface area contributed by atoms with Gasteiger partial charge in [-0.05, 0) is 65.7 Å². The largest absolute Gasteiger partial charge is 0.456 e. The minimum atomic E-state index is 0.559. The summed E-state index contributed by atoms with van der Waals surface area (Å²) in [6.07, 6.45) is 3.53. The van der Waals surface area contributed by atoms with Crippen LogP contribution in [-0.4, -0.2) is 24.5 Å². The predicted molar refractivity (Wildman–Crippen MR) is 201 cm³/mol. The van der Waals surface area contributed by atoms with E-state index in [-0.39, 0.29) is 0 Å². The van der Waals surface area contributed by atoms with Crippen molar-refractivity contribution in [3.63, 3.8) is 0 Å². The Morgan fingerprint density at radius 2 is 1.06 bits per heavy atom. The average molecular weight is 642 g/mol. The minimum Gasteiger partial charge on any atom is -0.456 e. The standard InChI is InChI=1S/C44H27N5O/c1-3-10-28(11-4-1)29-17-19-30(20-18-29)42-46-43(48-44(47-42)32-12-9-25-45-27-32)31-21-22-36-39(26-31)50-38-24-23-35-34-15-7-8-16-37(34)49(41(35)40(36)38)33-13-5-2-6-14-33/h1-27H. The van der Waals surface area contributed by atoms with Gasteiger partial charge in [0.2, 0.25) is 0 Å². The molecule has 0 N–H and O–H groups in total. The second-order valence-electron chi connectivity index (χ2n) is 12.3. The zero-order chi connectivity index (χ0) is 33.0. The van der Waals surface area contributed by atoms with E-state index >= 15 is 0 Å². The topological polar surface area (TPSA) is 69.6 Å². The summed E-state index contributed by atoms with van der Waals surface area (Å²) >= 11 is 0. The van der Waals surface area contributed by atoms with Crippen molar-refractivity contribution in [1.82, 2.24) is 24.5 Å². The van der Waals surface area contributed by atoms with Crippen LogP contribution in [0.3, 0.4) is 0 Å². The van der Waals surface area contributed by atoms with Gasteiger partial charge in [-0.15, -0.1) is 0 Å². The molecule has 0 bridgehead atoms. The van der Waals surface area contributed by atoms with Gasteiger partial charge in [0.1, 0.15) is 11.2 Å². The number of rotatable bonds is 5. The molecule has 0 aliphatic rings. The van der Waals surface area contributed by atoms with Gasteiger partial charge in [0.15, 0.2) is 17.5 Å². The maximum atomic E-state index is 6.60. The number of para-hydroxylation sites is 2. The molecule has 0 radical (unpaired) electrons. The Labute approximate surface area is 287 Å². The fraction of sp³-hybridized carbons (Fsp3) is 0. The first-order valence-corrected chi connectivity index (χ1v) is 16.5. The van der Waals surface area contributed by atoms with Crippen LogP contribution in [0.2, 0.25) is 0 Å². The third kappa shape index (κ3) is 4.58. The van der Waals surface area contributed by atoms with Crippen molar-refractivity contribution in [1.29, 1.82) is 0 Å². The highest BCUT2D eigenvalue weighted by Crippen LogP contribution is 2.41. The van der Waals surface area contributed by atoms with Crippen molar-refractivity contribution in [3.05, 3.63) is 164 Å². The fourth-order valence-electron chi connectivity index (χ4n) is 7.00. The summed E-state index contributed by atoms with van der Waals surface area (Å²) in [5, 5.41) is 4.50. The Kier molecular flexibility index (Phi) is 6.39. The molecule has 0 unspecified atom stereocenters. The highest BCUT2D eigenvalue weighted by Gasteiger charge is 2.20. The minimum absolute atomic E-state index is 0.559. The molecule has 0 fully saturated rings. The van der Waals surface area contributed by atoms with E-state index in [4.69, 9.17) is 19.4 Å². The molecule has 10 rings (SSSR count). The van der Waals surface area contributed by atoms with Gasteiger partial charge in [0, 0.05) is 50.9 Å². The van der Waals surface area contributed by atoms with Crippen LogP contribution in [0.1, 0.15) is 0 Å². The highest BCUT2D eigenvalue weighted by molar-refractivity contribution is 6.24. The molecule has 0 amide bonds. The lowest BCUT2D eigenvalue weighted by Gasteiger charge is -2.09. The van der Waals surface area contributed by atoms with E-state index in [1.807, 2.05) is 42.5 Å². The number of hydrogen-bond acceptors (Lipinski definition) is 5. The lowest BCUT2D eigenvalue weighted by Crippen LogP contribution is -2.00. The maximum absolute atomic E-state index is 6.60. The van der Waals surface area contributed by atoms with E-state index in [9.17, 15) is 0 Å². The number of furan rings is 1. The van der Waals surface area contributed by atoms with E-state index in [1.165, 1.54) is 10.8 Å². The van der Waals surface area contributed by atoms with Crippen molar-refractivity contribution in [2.45, 2.75) is 0 Å². The van der Waals surface area contributed by atoms with Gasteiger partial charge in [0.25, 0.3) is 0 Å². The van der Waals surface area contributed by atoms with Crippen LogP contribution in [0.25, 0.3) is 94.7 Å². The number of pyridine rings is 1. The zero-order valence-electron chi connectivity index (χ0n) is 26.7. The van der Waals surface area contributed by atoms with Gasteiger partial charge in [-0.25, -0.2) is 15.0 Å². The van der Waals surface area contributed by atoms with Crippen molar-refractivity contribution in [2.24, 2.45) is 0 Å². The van der Waals surface area contributed by atoms with Crippen molar-refractivity contribution >= 4 is 43.7 Å². The van der Waals surface area contributed by atoms with Crippen LogP contribution >= 0.6 is 0 Å². The SMILES string of the molecule is c1ccc(-c2ccc(-c3nc(-c4cccnc4)nc(-c4ccc5c(c4)oc4ccc6c7ccccc7n(-c7ccccc7)c6c45)n3)cc2)cc1. The van der Waals surface area contributed by atoms with Crippen molar-refractivity contribution in [3.8, 4) is 51.0 Å². The Bertz CT molecular complexity index is 2840. The first kappa shape index (κ1) is 28.1. The van der Waals surface area contributed by atoms with Gasteiger partial charge in [-0.1, -0.05) is 97.1 Å². The Hall–Kier alpha value is -6.92. The van der Waals surface area contributed by atoms with Crippen LogP contribution < -0.4 is 0 Å². The molecule has 0 spiro atoms. The first-order chi connectivity index (χ1) is 24.8. The Morgan fingerprint density at radius 3 is 1.84 bits per heavy atom. The van der Waals surface area contributed by atoms with E-state index in [0.29, 0.717) is 17.5 Å².